The van der Waals surface area contributed by atoms with Crippen molar-refractivity contribution in [1.82, 2.24) is 24.6 Å². The maximum atomic E-state index is 4.70. The van der Waals surface area contributed by atoms with Crippen molar-refractivity contribution < 1.29 is 0 Å². The quantitative estimate of drug-likeness (QED) is 0.656. The first-order valence-electron chi connectivity index (χ1n) is 6.61. The first kappa shape index (κ1) is 11.4. The predicted molar refractivity (Wildman–Crippen MR) is 73.8 cm³/mol. The van der Waals surface area contributed by atoms with E-state index in [1.807, 2.05) is 0 Å². The van der Waals surface area contributed by atoms with Gasteiger partial charge in [0.25, 0.3) is 0 Å². The SMILES string of the molecule is CCc1nc2c3[se]c(N4CCCC4)nc3ncn2n1. The topological polar surface area (TPSA) is 59.2 Å². The molecule has 0 amide bonds. The Balaban J connectivity index is 1.91. The monoisotopic (exact) mass is 322 g/mol. The predicted octanol–water partition coefficient (Wildman–Crippen LogP) is 0.892. The summed E-state index contributed by atoms with van der Waals surface area (Å²) in [7, 11) is 0. The molecule has 0 aromatic carbocycles. The van der Waals surface area contributed by atoms with Gasteiger partial charge in [-0.3, -0.25) is 0 Å². The van der Waals surface area contributed by atoms with Crippen molar-refractivity contribution in [3.63, 3.8) is 0 Å². The summed E-state index contributed by atoms with van der Waals surface area (Å²) in [4.78, 5) is 16.1. The van der Waals surface area contributed by atoms with Gasteiger partial charge < -0.3 is 0 Å². The van der Waals surface area contributed by atoms with Crippen molar-refractivity contribution in [3.8, 4) is 0 Å². The Bertz CT molecular complexity index is 739. The van der Waals surface area contributed by atoms with Gasteiger partial charge in [0.1, 0.15) is 0 Å². The van der Waals surface area contributed by atoms with Crippen LogP contribution in [0.3, 0.4) is 0 Å². The summed E-state index contributed by atoms with van der Waals surface area (Å²) in [6.45, 7) is 4.34. The van der Waals surface area contributed by atoms with Crippen LogP contribution in [0.5, 0.6) is 0 Å². The summed E-state index contributed by atoms with van der Waals surface area (Å²) in [6.07, 6.45) is 5.13. The summed E-state index contributed by atoms with van der Waals surface area (Å²) in [6, 6.07) is 0. The van der Waals surface area contributed by atoms with Crippen molar-refractivity contribution in [2.75, 3.05) is 18.0 Å². The van der Waals surface area contributed by atoms with Crippen molar-refractivity contribution in [1.29, 1.82) is 0 Å². The fraction of sp³-hybridized carbons (Fsp3) is 0.500. The standard InChI is InChI=1S/C12H14N6Se/c1-2-8-14-11-9-10(13-7-18(11)16-8)15-12(19-9)17-5-3-4-6-17/h7H,2-6H2,1H3. The second-order valence-corrected chi connectivity index (χ2v) is 6.79. The van der Waals surface area contributed by atoms with Crippen LogP contribution >= 0.6 is 0 Å². The van der Waals surface area contributed by atoms with E-state index in [4.69, 9.17) is 4.98 Å². The molecule has 0 saturated carbocycles. The summed E-state index contributed by atoms with van der Waals surface area (Å²) in [5.41, 5.74) is 1.80. The van der Waals surface area contributed by atoms with E-state index in [0.29, 0.717) is 0 Å². The zero-order valence-electron chi connectivity index (χ0n) is 10.7. The molecule has 1 fully saturated rings. The molecule has 0 radical (unpaired) electrons. The molecular formula is C12H14N6Se. The molecule has 0 unspecified atom stereocenters. The zero-order valence-corrected chi connectivity index (χ0v) is 12.4. The molecule has 0 bridgehead atoms. The molecule has 4 rings (SSSR count). The van der Waals surface area contributed by atoms with Crippen molar-refractivity contribution >= 4 is 34.7 Å². The van der Waals surface area contributed by atoms with Gasteiger partial charge in [0, 0.05) is 0 Å². The second kappa shape index (κ2) is 4.28. The number of rotatable bonds is 2. The van der Waals surface area contributed by atoms with Crippen molar-refractivity contribution in [2.24, 2.45) is 0 Å². The first-order chi connectivity index (χ1) is 9.35. The zero-order chi connectivity index (χ0) is 12.8. The molecule has 19 heavy (non-hydrogen) atoms. The number of hydrogen-bond acceptors (Lipinski definition) is 5. The molecule has 7 heteroatoms. The van der Waals surface area contributed by atoms with E-state index >= 15 is 0 Å². The van der Waals surface area contributed by atoms with E-state index in [9.17, 15) is 0 Å². The van der Waals surface area contributed by atoms with Gasteiger partial charge in [-0.15, -0.1) is 0 Å². The Morgan fingerprint density at radius 1 is 1.26 bits per heavy atom. The Kier molecular flexibility index (Phi) is 2.56. The van der Waals surface area contributed by atoms with Crippen LogP contribution < -0.4 is 4.90 Å². The van der Waals surface area contributed by atoms with E-state index in [2.05, 4.69) is 26.9 Å². The molecule has 3 aromatic heterocycles. The number of nitrogens with zero attached hydrogens (tertiary/aromatic N) is 6. The van der Waals surface area contributed by atoms with E-state index in [0.717, 1.165) is 36.6 Å². The van der Waals surface area contributed by atoms with Crippen LogP contribution in [0.4, 0.5) is 4.69 Å². The Morgan fingerprint density at radius 3 is 2.89 bits per heavy atom. The van der Waals surface area contributed by atoms with Crippen LogP contribution in [-0.4, -0.2) is 52.2 Å². The maximum absolute atomic E-state index is 4.70. The second-order valence-electron chi connectivity index (χ2n) is 4.74. The third-order valence-electron chi connectivity index (χ3n) is 3.46. The van der Waals surface area contributed by atoms with Gasteiger partial charge in [0.05, 0.1) is 0 Å². The minimum atomic E-state index is 0.216. The number of hydrogen-bond donors (Lipinski definition) is 0. The Labute approximate surface area is 116 Å². The summed E-state index contributed by atoms with van der Waals surface area (Å²) in [5.74, 6) is 0.876. The first-order valence-corrected chi connectivity index (χ1v) is 8.32. The van der Waals surface area contributed by atoms with Gasteiger partial charge >= 0.3 is 116 Å². The molecule has 1 saturated heterocycles. The number of fused-ring (bicyclic) bond motifs is 3. The van der Waals surface area contributed by atoms with E-state index < -0.39 is 0 Å². The molecule has 0 aliphatic carbocycles. The van der Waals surface area contributed by atoms with Crippen LogP contribution in [0, 0.1) is 0 Å². The van der Waals surface area contributed by atoms with E-state index in [1.54, 1.807) is 10.8 Å². The third-order valence-corrected chi connectivity index (χ3v) is 5.77. The number of aromatic nitrogens is 5. The molecular weight excluding hydrogens is 307 g/mol. The number of aryl methyl sites for hydroxylation is 1. The molecule has 0 N–H and O–H groups in total. The molecule has 6 nitrogen and oxygen atoms in total. The summed E-state index contributed by atoms with van der Waals surface area (Å²) < 4.78 is 4.19. The van der Waals surface area contributed by atoms with Gasteiger partial charge in [0.15, 0.2) is 0 Å². The van der Waals surface area contributed by atoms with Crippen LogP contribution in [-0.2, 0) is 6.42 Å². The fourth-order valence-electron chi connectivity index (χ4n) is 2.44. The molecule has 4 heterocycles. The Hall–Kier alpha value is -1.46. The molecule has 0 spiro atoms. The van der Waals surface area contributed by atoms with Crippen molar-refractivity contribution in [3.05, 3.63) is 12.2 Å². The van der Waals surface area contributed by atoms with Gasteiger partial charge in [-0.25, -0.2) is 0 Å². The molecule has 98 valence electrons. The van der Waals surface area contributed by atoms with Gasteiger partial charge in [0.2, 0.25) is 0 Å². The normalized spacial score (nSPS) is 15.9. The Morgan fingerprint density at radius 2 is 2.11 bits per heavy atom. The van der Waals surface area contributed by atoms with E-state index in [-0.39, 0.29) is 14.5 Å². The molecule has 3 aromatic rings. The average molecular weight is 321 g/mol. The van der Waals surface area contributed by atoms with Crippen LogP contribution in [0.15, 0.2) is 6.33 Å². The van der Waals surface area contributed by atoms with Gasteiger partial charge in [-0.1, -0.05) is 0 Å². The van der Waals surface area contributed by atoms with Crippen LogP contribution in [0.25, 0.3) is 15.6 Å². The van der Waals surface area contributed by atoms with Gasteiger partial charge in [-0.2, -0.15) is 0 Å². The van der Waals surface area contributed by atoms with Crippen LogP contribution in [0.2, 0.25) is 0 Å². The average Bonchev–Trinajstić information content (AvgIpc) is 3.15. The molecule has 1 aliphatic rings. The molecule has 1 aliphatic heterocycles. The number of anilines is 1. The van der Waals surface area contributed by atoms with Gasteiger partial charge in [-0.05, 0) is 0 Å². The summed E-state index contributed by atoms with van der Waals surface area (Å²) in [5, 5.41) is 4.42. The molecule has 0 atom stereocenters. The van der Waals surface area contributed by atoms with Crippen LogP contribution in [0.1, 0.15) is 25.6 Å². The fourth-order valence-corrected chi connectivity index (χ4v) is 4.64. The third kappa shape index (κ3) is 1.76. The minimum absolute atomic E-state index is 0.216. The van der Waals surface area contributed by atoms with Crippen molar-refractivity contribution in [2.45, 2.75) is 26.2 Å². The summed E-state index contributed by atoms with van der Waals surface area (Å²) >= 11 is 0.216. The van der Waals surface area contributed by atoms with E-state index in [1.165, 1.54) is 21.8 Å².